The van der Waals surface area contributed by atoms with E-state index >= 15 is 0 Å². The van der Waals surface area contributed by atoms with Gasteiger partial charge in [0, 0.05) is 52.4 Å². The number of ether oxygens (including phenoxy) is 1. The maximum atomic E-state index is 13.0. The molecular weight excluding hydrogens is 382 g/mol. The van der Waals surface area contributed by atoms with Crippen LogP contribution < -0.4 is 4.90 Å². The van der Waals surface area contributed by atoms with Crippen molar-refractivity contribution in [2.24, 2.45) is 5.92 Å². The largest absolute Gasteiger partial charge is 0.468 e. The summed E-state index contributed by atoms with van der Waals surface area (Å²) in [6, 6.07) is 5.82. The number of hydrogen-bond donors (Lipinski definition) is 0. The molecule has 0 bridgehead atoms. The Balaban J connectivity index is 1.57. The van der Waals surface area contributed by atoms with Crippen molar-refractivity contribution in [3.05, 3.63) is 42.1 Å². The topological polar surface area (TPSA) is 74.9 Å². The lowest BCUT2D eigenvalue weighted by molar-refractivity contribution is -0.133. The molecule has 0 saturated carbocycles. The zero-order valence-corrected chi connectivity index (χ0v) is 18.2. The van der Waals surface area contributed by atoms with Gasteiger partial charge in [-0.2, -0.15) is 0 Å². The molecule has 4 atom stereocenters. The molecule has 2 aromatic heterocycles. The van der Waals surface area contributed by atoms with E-state index in [0.717, 1.165) is 37.0 Å². The van der Waals surface area contributed by atoms with Crippen molar-refractivity contribution in [2.75, 3.05) is 45.2 Å². The van der Waals surface area contributed by atoms with Gasteiger partial charge < -0.3 is 19.0 Å². The number of carbonyl (C=O) groups excluding carboxylic acids is 1. The van der Waals surface area contributed by atoms with Crippen LogP contribution in [0.25, 0.3) is 0 Å². The lowest BCUT2D eigenvalue weighted by Gasteiger charge is -2.35. The molecule has 1 amide bonds. The molecular formula is C22H31N5O3. The number of rotatable bonds is 5. The van der Waals surface area contributed by atoms with Crippen LogP contribution in [0.15, 0.2) is 35.1 Å². The summed E-state index contributed by atoms with van der Waals surface area (Å²) in [6.07, 6.45) is 3.78. The van der Waals surface area contributed by atoms with E-state index in [4.69, 9.17) is 14.1 Å². The molecule has 2 aromatic rings. The number of aromatic nitrogens is 2. The Morgan fingerprint density at radius 2 is 1.93 bits per heavy atom. The summed E-state index contributed by atoms with van der Waals surface area (Å²) in [7, 11) is 3.63. The van der Waals surface area contributed by atoms with E-state index in [1.54, 1.807) is 11.2 Å². The van der Waals surface area contributed by atoms with E-state index < -0.39 is 0 Å². The summed E-state index contributed by atoms with van der Waals surface area (Å²) in [5.41, 5.74) is 0.925. The first-order chi connectivity index (χ1) is 14.4. The van der Waals surface area contributed by atoms with Gasteiger partial charge in [-0.1, -0.05) is 0 Å². The Bertz CT molecular complexity index is 846. The van der Waals surface area contributed by atoms with Gasteiger partial charge in [-0.15, -0.1) is 0 Å². The normalized spacial score (nSPS) is 27.4. The average molecular weight is 414 g/mol. The van der Waals surface area contributed by atoms with Gasteiger partial charge in [-0.25, -0.2) is 9.97 Å². The molecule has 2 saturated heterocycles. The Hall–Kier alpha value is -2.45. The Kier molecular flexibility index (Phi) is 6.06. The highest BCUT2D eigenvalue weighted by atomic mass is 16.5. The molecule has 2 fully saturated rings. The van der Waals surface area contributed by atoms with Crippen LogP contribution >= 0.6 is 0 Å². The highest BCUT2D eigenvalue weighted by molar-refractivity contribution is 5.80. The van der Waals surface area contributed by atoms with Crippen LogP contribution in [0.5, 0.6) is 0 Å². The van der Waals surface area contributed by atoms with E-state index in [9.17, 15) is 4.79 Å². The van der Waals surface area contributed by atoms with Crippen molar-refractivity contribution in [3.63, 3.8) is 0 Å². The van der Waals surface area contributed by atoms with Gasteiger partial charge in [0.05, 0.1) is 36.6 Å². The number of anilines is 1. The SMILES string of the molecule is C[C@@H]1CN(c2nccc([C@@H]3CN(Cc4ccco4)C[C@H]3C(=O)N(C)C)n2)C[C@@H](C)O1. The fraction of sp³-hybridized carbons (Fsp3) is 0.591. The molecule has 0 radical (unpaired) electrons. The van der Waals surface area contributed by atoms with Crippen LogP contribution in [0.4, 0.5) is 5.95 Å². The van der Waals surface area contributed by atoms with Crippen LogP contribution in [-0.4, -0.2) is 78.2 Å². The molecule has 2 aliphatic heterocycles. The zero-order valence-electron chi connectivity index (χ0n) is 18.2. The van der Waals surface area contributed by atoms with Gasteiger partial charge in [0.15, 0.2) is 0 Å². The maximum absolute atomic E-state index is 13.0. The lowest BCUT2D eigenvalue weighted by atomic mass is 9.91. The molecule has 0 spiro atoms. The second kappa shape index (κ2) is 8.73. The highest BCUT2D eigenvalue weighted by Gasteiger charge is 2.40. The number of nitrogens with zero attached hydrogens (tertiary/aromatic N) is 5. The van der Waals surface area contributed by atoms with Crippen molar-refractivity contribution in [1.29, 1.82) is 0 Å². The molecule has 0 unspecified atom stereocenters. The molecule has 0 N–H and O–H groups in total. The minimum absolute atomic E-state index is 0.0208. The highest BCUT2D eigenvalue weighted by Crippen LogP contribution is 2.34. The second-order valence-electron chi connectivity index (χ2n) is 8.66. The lowest BCUT2D eigenvalue weighted by Crippen LogP contribution is -2.46. The standard InChI is InChI=1S/C22H31N5O3/c1-15-10-27(11-16(2)30-15)22-23-8-7-20(24-22)18-13-26(12-17-6-5-9-29-17)14-19(18)21(28)25(3)4/h5-9,15-16,18-19H,10-14H2,1-4H3/t15-,16-,18-,19-/m1/s1. The number of hydrogen-bond acceptors (Lipinski definition) is 7. The van der Waals surface area contributed by atoms with Crippen LogP contribution in [-0.2, 0) is 16.1 Å². The molecule has 4 heterocycles. The van der Waals surface area contributed by atoms with E-state index in [1.807, 2.05) is 38.5 Å². The predicted octanol–water partition coefficient (Wildman–Crippen LogP) is 1.99. The molecule has 0 aromatic carbocycles. The molecule has 4 rings (SSSR count). The van der Waals surface area contributed by atoms with Crippen LogP contribution in [0, 0.1) is 5.92 Å². The van der Waals surface area contributed by atoms with Crippen LogP contribution in [0.1, 0.15) is 31.2 Å². The molecule has 2 aliphatic rings. The second-order valence-corrected chi connectivity index (χ2v) is 8.66. The monoisotopic (exact) mass is 413 g/mol. The summed E-state index contributed by atoms with van der Waals surface area (Å²) >= 11 is 0. The summed E-state index contributed by atoms with van der Waals surface area (Å²) < 4.78 is 11.4. The minimum Gasteiger partial charge on any atom is -0.468 e. The molecule has 8 heteroatoms. The molecule has 0 aliphatic carbocycles. The number of likely N-dealkylation sites (tertiary alicyclic amines) is 1. The summed E-state index contributed by atoms with van der Waals surface area (Å²) in [4.78, 5) is 28.5. The molecule has 30 heavy (non-hydrogen) atoms. The average Bonchev–Trinajstić information content (AvgIpc) is 3.37. The Morgan fingerprint density at radius 3 is 2.60 bits per heavy atom. The molecule has 8 nitrogen and oxygen atoms in total. The van der Waals surface area contributed by atoms with E-state index in [2.05, 4.69) is 28.6 Å². The number of furan rings is 1. The number of amides is 1. The van der Waals surface area contributed by atoms with Gasteiger partial charge in [0.25, 0.3) is 0 Å². The van der Waals surface area contributed by atoms with E-state index in [1.165, 1.54) is 0 Å². The van der Waals surface area contributed by atoms with Crippen molar-refractivity contribution in [1.82, 2.24) is 19.8 Å². The Labute approximate surface area is 177 Å². The van der Waals surface area contributed by atoms with E-state index in [0.29, 0.717) is 13.1 Å². The van der Waals surface area contributed by atoms with Gasteiger partial charge >= 0.3 is 0 Å². The first kappa shape index (κ1) is 20.8. The van der Waals surface area contributed by atoms with Crippen molar-refractivity contribution in [3.8, 4) is 0 Å². The summed E-state index contributed by atoms with van der Waals surface area (Å²) in [5.74, 6) is 1.64. The van der Waals surface area contributed by atoms with Gasteiger partial charge in [0.2, 0.25) is 11.9 Å². The third-order valence-corrected chi connectivity index (χ3v) is 5.86. The van der Waals surface area contributed by atoms with E-state index in [-0.39, 0.29) is 30.0 Å². The summed E-state index contributed by atoms with van der Waals surface area (Å²) in [5, 5.41) is 0. The van der Waals surface area contributed by atoms with Crippen molar-refractivity contribution < 1.29 is 13.9 Å². The first-order valence-electron chi connectivity index (χ1n) is 10.6. The van der Waals surface area contributed by atoms with Gasteiger partial charge in [-0.3, -0.25) is 9.69 Å². The number of morpholine rings is 1. The van der Waals surface area contributed by atoms with Crippen LogP contribution in [0.2, 0.25) is 0 Å². The first-order valence-corrected chi connectivity index (χ1v) is 10.6. The third kappa shape index (κ3) is 4.49. The zero-order chi connectivity index (χ0) is 21.3. The third-order valence-electron chi connectivity index (χ3n) is 5.86. The maximum Gasteiger partial charge on any atom is 0.227 e. The van der Waals surface area contributed by atoms with Crippen LogP contribution in [0.3, 0.4) is 0 Å². The van der Waals surface area contributed by atoms with Gasteiger partial charge in [0.1, 0.15) is 5.76 Å². The minimum atomic E-state index is -0.139. The van der Waals surface area contributed by atoms with Crippen molar-refractivity contribution in [2.45, 2.75) is 38.5 Å². The molecule has 162 valence electrons. The fourth-order valence-corrected chi connectivity index (χ4v) is 4.58. The summed E-state index contributed by atoms with van der Waals surface area (Å²) in [6.45, 7) is 7.82. The predicted molar refractivity (Wildman–Crippen MR) is 113 cm³/mol. The smallest absolute Gasteiger partial charge is 0.227 e. The number of carbonyl (C=O) groups is 1. The quantitative estimate of drug-likeness (QED) is 0.742. The van der Waals surface area contributed by atoms with Crippen molar-refractivity contribution >= 4 is 11.9 Å². The fourth-order valence-electron chi connectivity index (χ4n) is 4.58. The Morgan fingerprint density at radius 1 is 1.17 bits per heavy atom. The van der Waals surface area contributed by atoms with Gasteiger partial charge in [-0.05, 0) is 32.0 Å².